The first-order chi connectivity index (χ1) is 23.7. The summed E-state index contributed by atoms with van der Waals surface area (Å²) in [6.45, 7) is -0.300. The molecule has 4 amide bonds. The third-order valence-electron chi connectivity index (χ3n) is 9.43. The van der Waals surface area contributed by atoms with Crippen LogP contribution in [0.2, 0.25) is 0 Å². The minimum atomic E-state index is -4.38. The Morgan fingerprint density at radius 2 is 1.82 bits per heavy atom. The summed E-state index contributed by atoms with van der Waals surface area (Å²) in [5.41, 5.74) is 0.744. The van der Waals surface area contributed by atoms with Gasteiger partial charge in [-0.2, -0.15) is 8.42 Å². The molecule has 0 saturated carbocycles. The maximum atomic E-state index is 15.4. The zero-order valence-electron chi connectivity index (χ0n) is 26.5. The van der Waals surface area contributed by atoms with Crippen molar-refractivity contribution in [3.05, 3.63) is 64.3 Å². The second-order valence-corrected chi connectivity index (χ2v) is 14.2. The van der Waals surface area contributed by atoms with Crippen LogP contribution in [0, 0.1) is 5.82 Å². The van der Waals surface area contributed by atoms with Crippen LogP contribution in [0.15, 0.2) is 47.3 Å². The van der Waals surface area contributed by atoms with E-state index in [1.807, 2.05) is 0 Å². The van der Waals surface area contributed by atoms with Crippen molar-refractivity contribution in [3.63, 3.8) is 0 Å². The molecule has 0 bridgehead atoms. The number of piperidine rings is 2. The summed E-state index contributed by atoms with van der Waals surface area (Å²) in [5.74, 6) is -4.67. The molecule has 4 aromatic rings. The molecule has 15 nitrogen and oxygen atoms in total. The van der Waals surface area contributed by atoms with E-state index in [4.69, 9.17) is 0 Å². The number of fused-ring (bicyclic) bond motifs is 2. The number of imide groups is 1. The number of imidazole rings is 1. The smallest absolute Gasteiger partial charge is 0.329 e. The third-order valence-corrected chi connectivity index (χ3v) is 10.8. The second-order valence-electron chi connectivity index (χ2n) is 12.7. The van der Waals surface area contributed by atoms with Crippen molar-refractivity contribution in [3.8, 4) is 5.75 Å². The minimum Gasteiger partial charge on any atom is -0.506 e. The quantitative estimate of drug-likeness (QED) is 0.213. The van der Waals surface area contributed by atoms with E-state index < -0.39 is 81.5 Å². The number of anilines is 2. The Morgan fingerprint density at radius 3 is 2.54 bits per heavy atom. The number of likely N-dealkylation sites (tertiary alicyclic amines) is 1. The third kappa shape index (κ3) is 5.73. The van der Waals surface area contributed by atoms with Crippen molar-refractivity contribution in [1.82, 2.24) is 24.1 Å². The number of benzene rings is 3. The number of phenolic OH excluding ortho intramolecular Hbond substituents is 1. The van der Waals surface area contributed by atoms with Crippen LogP contribution in [-0.4, -0.2) is 83.5 Å². The van der Waals surface area contributed by atoms with Gasteiger partial charge in [0.25, 0.3) is 5.91 Å². The molecule has 3 unspecified atom stereocenters. The molecule has 3 aliphatic heterocycles. The number of phenols is 1. The predicted octanol–water partition coefficient (Wildman–Crippen LogP) is 1.26. The van der Waals surface area contributed by atoms with Gasteiger partial charge in [-0.15, -0.1) is 0 Å². The van der Waals surface area contributed by atoms with E-state index >= 15 is 8.78 Å². The molecule has 3 saturated heterocycles. The molecule has 50 heavy (non-hydrogen) atoms. The highest BCUT2D eigenvalue weighted by Gasteiger charge is 2.38. The van der Waals surface area contributed by atoms with E-state index in [0.29, 0.717) is 27.4 Å². The van der Waals surface area contributed by atoms with Gasteiger partial charge in [0.1, 0.15) is 30.2 Å². The molecule has 0 radical (unpaired) electrons. The fraction of sp³-hybridized carbons (Fsp3) is 0.344. The van der Waals surface area contributed by atoms with Crippen molar-refractivity contribution in [2.45, 2.75) is 37.4 Å². The minimum absolute atomic E-state index is 0.0554. The Hall–Kier alpha value is -5.36. The molecule has 4 N–H and O–H groups in total. The van der Waals surface area contributed by atoms with E-state index in [1.54, 1.807) is 34.9 Å². The maximum absolute atomic E-state index is 15.4. The fourth-order valence-electron chi connectivity index (χ4n) is 6.99. The summed E-state index contributed by atoms with van der Waals surface area (Å²) in [5, 5.41) is 15.6. The van der Waals surface area contributed by atoms with Crippen LogP contribution in [0.5, 0.6) is 5.75 Å². The number of carbonyl (C=O) groups is 4. The van der Waals surface area contributed by atoms with E-state index in [2.05, 4.69) is 10.6 Å². The molecule has 7 rings (SSSR count). The lowest BCUT2D eigenvalue weighted by atomic mass is 9.88. The average Bonchev–Trinajstić information content (AvgIpc) is 3.46. The summed E-state index contributed by atoms with van der Waals surface area (Å²) in [4.78, 5) is 63.9. The van der Waals surface area contributed by atoms with Crippen LogP contribution in [0.1, 0.15) is 36.8 Å². The monoisotopic (exact) mass is 711 g/mol. The largest absolute Gasteiger partial charge is 0.506 e. The molecule has 0 aliphatic carbocycles. The number of nitrogens with one attached hydrogen (secondary N) is 3. The lowest BCUT2D eigenvalue weighted by Crippen LogP contribution is -2.44. The van der Waals surface area contributed by atoms with Gasteiger partial charge in [-0.1, -0.05) is 6.07 Å². The Kier molecular flexibility index (Phi) is 8.09. The SMILES string of the molecule is Cn1c(=O)n(C2CCC(=O)NC2=O)c2ccc(C3CN(CC(=O)Nc4ccc5c(F)c(N6CC(=O)NS6(=O)=O)c(O)cc5c4)CCC3F)cc21. The normalized spacial score (nSPS) is 22.6. The molecule has 3 aliphatic rings. The van der Waals surface area contributed by atoms with Gasteiger partial charge in [0, 0.05) is 43.5 Å². The predicted molar refractivity (Wildman–Crippen MR) is 176 cm³/mol. The zero-order valence-corrected chi connectivity index (χ0v) is 27.3. The van der Waals surface area contributed by atoms with Gasteiger partial charge in [0.15, 0.2) is 5.82 Å². The molecule has 3 fully saturated rings. The zero-order chi connectivity index (χ0) is 35.6. The number of rotatable bonds is 6. The molecular weight excluding hydrogens is 680 g/mol. The highest BCUT2D eigenvalue weighted by atomic mass is 32.2. The molecule has 18 heteroatoms. The Labute approximate surface area is 282 Å². The van der Waals surface area contributed by atoms with Gasteiger partial charge in [-0.3, -0.25) is 38.5 Å². The Balaban J connectivity index is 1.06. The number of nitrogens with zero attached hydrogens (tertiary/aromatic N) is 4. The van der Waals surface area contributed by atoms with Gasteiger partial charge in [-0.05, 0) is 60.2 Å². The number of aryl methyl sites for hydroxylation is 1. The standard InChI is InChI=1S/C32H31F2N7O8S/c1-38-24-11-16(2-5-22(24)41(32(38)47)23-6-7-26(43)36-31(23)46)20-13-39(9-8-21(20)33)14-27(44)35-18-3-4-19-17(10-18)12-25(42)30(29(19)34)40-15-28(45)37-50(40,48)49/h2-5,10-12,20-21,23,42H,6-9,13-15H2,1H3,(H,35,44)(H,37,45)(H,36,43,46). The van der Waals surface area contributed by atoms with Crippen LogP contribution in [0.3, 0.4) is 0 Å². The van der Waals surface area contributed by atoms with Gasteiger partial charge in [0.2, 0.25) is 17.7 Å². The molecule has 262 valence electrons. The van der Waals surface area contributed by atoms with Crippen LogP contribution in [-0.2, 0) is 36.4 Å². The molecule has 1 aromatic heterocycles. The number of hydrogen-bond donors (Lipinski definition) is 4. The summed E-state index contributed by atoms with van der Waals surface area (Å²) >= 11 is 0. The van der Waals surface area contributed by atoms with Crippen molar-refractivity contribution >= 4 is 67.0 Å². The number of alkyl halides is 1. The summed E-state index contributed by atoms with van der Waals surface area (Å²) in [6.07, 6.45) is -0.787. The van der Waals surface area contributed by atoms with Gasteiger partial charge < -0.3 is 10.4 Å². The lowest BCUT2D eigenvalue weighted by Gasteiger charge is -2.35. The number of aromatic hydroxyl groups is 1. The number of hydrogen-bond acceptors (Lipinski definition) is 9. The first-order valence-electron chi connectivity index (χ1n) is 15.7. The van der Waals surface area contributed by atoms with E-state index in [9.17, 15) is 37.5 Å². The van der Waals surface area contributed by atoms with Crippen molar-refractivity contribution in [1.29, 1.82) is 0 Å². The number of aromatic nitrogens is 2. The molecule has 0 spiro atoms. The van der Waals surface area contributed by atoms with Crippen molar-refractivity contribution in [2.24, 2.45) is 7.05 Å². The average molecular weight is 712 g/mol. The second kappa shape index (κ2) is 12.2. The van der Waals surface area contributed by atoms with E-state index in [0.717, 1.165) is 6.07 Å². The topological polar surface area (TPSA) is 192 Å². The highest BCUT2D eigenvalue weighted by molar-refractivity contribution is 7.92. The number of halogens is 2. The Morgan fingerprint density at radius 1 is 1.04 bits per heavy atom. The van der Waals surface area contributed by atoms with Crippen molar-refractivity contribution in [2.75, 3.05) is 35.8 Å². The summed E-state index contributed by atoms with van der Waals surface area (Å²) in [7, 11) is -2.82. The molecule has 3 aromatic carbocycles. The molecular formula is C32H31F2N7O8S. The highest BCUT2D eigenvalue weighted by Crippen LogP contribution is 2.39. The van der Waals surface area contributed by atoms with Gasteiger partial charge in [0.05, 0.1) is 17.6 Å². The van der Waals surface area contributed by atoms with Crippen LogP contribution < -0.4 is 25.4 Å². The van der Waals surface area contributed by atoms with Crippen LogP contribution >= 0.6 is 0 Å². The summed E-state index contributed by atoms with van der Waals surface area (Å²) < 4.78 is 60.2. The van der Waals surface area contributed by atoms with Gasteiger partial charge >= 0.3 is 15.9 Å². The number of carbonyl (C=O) groups excluding carboxylic acids is 4. The van der Waals surface area contributed by atoms with E-state index in [-0.39, 0.29) is 48.8 Å². The van der Waals surface area contributed by atoms with Crippen LogP contribution in [0.4, 0.5) is 20.2 Å². The molecule has 3 atom stereocenters. The van der Waals surface area contributed by atoms with Crippen molar-refractivity contribution < 1.29 is 41.5 Å². The summed E-state index contributed by atoms with van der Waals surface area (Å²) in [6, 6.07) is 9.47. The molecule has 4 heterocycles. The van der Waals surface area contributed by atoms with E-state index in [1.165, 1.54) is 27.3 Å². The number of amides is 4. The van der Waals surface area contributed by atoms with Crippen LogP contribution in [0.25, 0.3) is 21.8 Å². The first-order valence-corrected chi connectivity index (χ1v) is 17.1. The fourth-order valence-corrected chi connectivity index (χ4v) is 8.16. The Bertz CT molecular complexity index is 2310. The maximum Gasteiger partial charge on any atom is 0.329 e. The van der Waals surface area contributed by atoms with Gasteiger partial charge in [-0.25, -0.2) is 22.6 Å². The lowest BCUT2D eigenvalue weighted by molar-refractivity contribution is -0.135. The first kappa shape index (κ1) is 33.2.